The van der Waals surface area contributed by atoms with Gasteiger partial charge >= 0.3 is 0 Å². The highest BCUT2D eigenvalue weighted by Gasteiger charge is 2.53. The zero-order chi connectivity index (χ0) is 15.5. The van der Waals surface area contributed by atoms with Crippen molar-refractivity contribution in [1.29, 1.82) is 0 Å². The molecule has 3 aliphatic rings. The third-order valence-corrected chi connectivity index (χ3v) is 4.42. The average Bonchev–Trinajstić information content (AvgIpc) is 2.92. The van der Waals surface area contributed by atoms with E-state index in [4.69, 9.17) is 18.9 Å². The molecule has 0 spiro atoms. The summed E-state index contributed by atoms with van der Waals surface area (Å²) in [5, 5.41) is 10.3. The van der Waals surface area contributed by atoms with Crippen LogP contribution in [0.3, 0.4) is 0 Å². The van der Waals surface area contributed by atoms with Gasteiger partial charge in [0.1, 0.15) is 12.2 Å². The van der Waals surface area contributed by atoms with Gasteiger partial charge in [0.05, 0.1) is 6.10 Å². The highest BCUT2D eigenvalue weighted by atomic mass is 16.7. The van der Waals surface area contributed by atoms with Crippen molar-refractivity contribution in [3.05, 3.63) is 23.8 Å². The third kappa shape index (κ3) is 2.10. The van der Waals surface area contributed by atoms with Crippen LogP contribution in [0.5, 0.6) is 11.5 Å². The lowest BCUT2D eigenvalue weighted by Crippen LogP contribution is -2.61. The Morgan fingerprint density at radius 2 is 1.86 bits per heavy atom. The fourth-order valence-electron chi connectivity index (χ4n) is 3.43. The first-order chi connectivity index (χ1) is 10.4. The maximum atomic E-state index is 12.5. The zero-order valence-corrected chi connectivity index (χ0v) is 12.4. The smallest absolute Gasteiger partial charge is 0.231 e. The molecule has 4 unspecified atom stereocenters. The average molecular weight is 306 g/mol. The molecule has 2 aliphatic heterocycles. The van der Waals surface area contributed by atoms with Crippen molar-refractivity contribution >= 4 is 5.78 Å². The van der Waals surface area contributed by atoms with Gasteiger partial charge in [-0.25, -0.2) is 0 Å². The van der Waals surface area contributed by atoms with Gasteiger partial charge in [-0.05, 0) is 38.0 Å². The quantitative estimate of drug-likeness (QED) is 0.844. The van der Waals surface area contributed by atoms with Gasteiger partial charge in [0.15, 0.2) is 23.1 Å². The normalized spacial score (nSPS) is 35.5. The lowest BCUT2D eigenvalue weighted by Gasteiger charge is -2.47. The minimum absolute atomic E-state index is 0.194. The molecule has 1 saturated carbocycles. The van der Waals surface area contributed by atoms with Crippen molar-refractivity contribution in [2.24, 2.45) is 0 Å². The number of fused-ring (bicyclic) bond motifs is 3. The zero-order valence-electron chi connectivity index (χ0n) is 12.4. The second-order valence-corrected chi connectivity index (χ2v) is 6.40. The van der Waals surface area contributed by atoms with E-state index in [0.29, 0.717) is 17.9 Å². The summed E-state index contributed by atoms with van der Waals surface area (Å²) in [5.41, 5.74) is 0.901. The van der Waals surface area contributed by atoms with Crippen LogP contribution in [-0.2, 0) is 14.3 Å². The molecule has 4 rings (SSSR count). The van der Waals surface area contributed by atoms with Crippen LogP contribution in [0.25, 0.3) is 0 Å². The minimum Gasteiger partial charge on any atom is -0.454 e. The van der Waals surface area contributed by atoms with Crippen molar-refractivity contribution in [2.75, 3.05) is 6.79 Å². The summed E-state index contributed by atoms with van der Waals surface area (Å²) in [6, 6.07) is 5.58. The van der Waals surface area contributed by atoms with Gasteiger partial charge in [0.2, 0.25) is 6.79 Å². The summed E-state index contributed by atoms with van der Waals surface area (Å²) >= 11 is 0. The second kappa shape index (κ2) is 4.68. The highest BCUT2D eigenvalue weighted by Crippen LogP contribution is 2.43. The molecule has 0 amide bonds. The van der Waals surface area contributed by atoms with E-state index in [1.807, 2.05) is 18.2 Å². The van der Waals surface area contributed by atoms with E-state index in [-0.39, 0.29) is 18.5 Å². The Morgan fingerprint density at radius 1 is 1.14 bits per heavy atom. The van der Waals surface area contributed by atoms with E-state index < -0.39 is 24.1 Å². The number of rotatable bonds is 1. The first kappa shape index (κ1) is 14.0. The standard InChI is InChI=1S/C16H18O6/c1-16(2)21-14-9(6-10(17)15(22-16)13(14)18)8-3-4-11-12(5-8)20-7-19-11/h3-5,9-10,14-15,17H,6-7H2,1-2H3. The molecule has 2 bridgehead atoms. The molecule has 1 N–H and O–H groups in total. The molecule has 118 valence electrons. The molecule has 4 atom stereocenters. The second-order valence-electron chi connectivity index (χ2n) is 6.40. The predicted octanol–water partition coefficient (Wildman–Crippen LogP) is 1.35. The van der Waals surface area contributed by atoms with Crippen LogP contribution in [0.2, 0.25) is 0 Å². The van der Waals surface area contributed by atoms with Gasteiger partial charge in [0.25, 0.3) is 0 Å². The van der Waals surface area contributed by atoms with E-state index >= 15 is 0 Å². The van der Waals surface area contributed by atoms with Gasteiger partial charge in [-0.2, -0.15) is 0 Å². The Balaban J connectivity index is 1.70. The van der Waals surface area contributed by atoms with Crippen molar-refractivity contribution in [2.45, 2.75) is 50.3 Å². The number of benzene rings is 1. The van der Waals surface area contributed by atoms with E-state index in [9.17, 15) is 9.90 Å². The van der Waals surface area contributed by atoms with Crippen LogP contribution in [-0.4, -0.2) is 41.8 Å². The molecular weight excluding hydrogens is 288 g/mol. The number of aliphatic hydroxyl groups is 1. The number of ketones is 1. The summed E-state index contributed by atoms with van der Waals surface area (Å²) in [6.07, 6.45) is -1.84. The van der Waals surface area contributed by atoms with E-state index in [1.165, 1.54) is 0 Å². The summed E-state index contributed by atoms with van der Waals surface area (Å²) in [7, 11) is 0. The van der Waals surface area contributed by atoms with Crippen LogP contribution in [0.15, 0.2) is 18.2 Å². The molecule has 0 radical (unpaired) electrons. The Labute approximate surface area is 127 Å². The van der Waals surface area contributed by atoms with Gasteiger partial charge in [-0.15, -0.1) is 0 Å². The first-order valence-corrected chi connectivity index (χ1v) is 7.41. The number of hydrogen-bond donors (Lipinski definition) is 1. The minimum atomic E-state index is -0.890. The molecular formula is C16H18O6. The Morgan fingerprint density at radius 3 is 2.68 bits per heavy atom. The molecule has 1 aromatic carbocycles. The number of Topliss-reactive ketones (excluding diaryl/α,β-unsaturated/α-hetero) is 1. The predicted molar refractivity (Wildman–Crippen MR) is 74.8 cm³/mol. The number of carbonyl (C=O) groups excluding carboxylic acids is 1. The molecule has 22 heavy (non-hydrogen) atoms. The molecule has 2 heterocycles. The van der Waals surface area contributed by atoms with E-state index in [0.717, 1.165) is 5.56 Å². The van der Waals surface area contributed by atoms with Crippen molar-refractivity contribution in [3.8, 4) is 11.5 Å². The molecule has 0 aromatic heterocycles. The van der Waals surface area contributed by atoms with Gasteiger partial charge in [-0.3, -0.25) is 4.79 Å². The molecule has 2 fully saturated rings. The van der Waals surface area contributed by atoms with Crippen LogP contribution in [0, 0.1) is 0 Å². The van der Waals surface area contributed by atoms with Crippen LogP contribution >= 0.6 is 0 Å². The van der Waals surface area contributed by atoms with Gasteiger partial charge in [-0.1, -0.05) is 6.07 Å². The maximum Gasteiger partial charge on any atom is 0.231 e. The summed E-state index contributed by atoms with van der Waals surface area (Å²) in [5.74, 6) is 0.0433. The van der Waals surface area contributed by atoms with E-state index in [1.54, 1.807) is 13.8 Å². The van der Waals surface area contributed by atoms with Crippen LogP contribution in [0.4, 0.5) is 0 Å². The fourth-order valence-corrected chi connectivity index (χ4v) is 3.43. The highest BCUT2D eigenvalue weighted by molar-refractivity contribution is 5.90. The lowest BCUT2D eigenvalue weighted by atomic mass is 9.77. The monoisotopic (exact) mass is 306 g/mol. The number of carbonyl (C=O) groups is 1. The fraction of sp³-hybridized carbons (Fsp3) is 0.562. The van der Waals surface area contributed by atoms with Gasteiger partial charge < -0.3 is 24.1 Å². The largest absolute Gasteiger partial charge is 0.454 e. The topological polar surface area (TPSA) is 74.2 Å². The first-order valence-electron chi connectivity index (χ1n) is 7.41. The molecule has 6 nitrogen and oxygen atoms in total. The molecule has 1 saturated heterocycles. The third-order valence-electron chi connectivity index (χ3n) is 4.42. The van der Waals surface area contributed by atoms with Crippen molar-refractivity contribution in [3.63, 3.8) is 0 Å². The summed E-state index contributed by atoms with van der Waals surface area (Å²) in [6.45, 7) is 3.72. The Hall–Kier alpha value is -1.63. The van der Waals surface area contributed by atoms with Crippen LogP contribution < -0.4 is 9.47 Å². The summed E-state index contributed by atoms with van der Waals surface area (Å²) in [4.78, 5) is 12.5. The molecule has 6 heteroatoms. The number of ether oxygens (including phenoxy) is 4. The van der Waals surface area contributed by atoms with E-state index in [2.05, 4.69) is 0 Å². The Kier molecular flexibility index (Phi) is 2.98. The molecule has 1 aliphatic carbocycles. The number of hydrogen-bond acceptors (Lipinski definition) is 6. The molecule has 1 aromatic rings. The van der Waals surface area contributed by atoms with Crippen molar-refractivity contribution in [1.82, 2.24) is 0 Å². The number of aliphatic hydroxyl groups excluding tert-OH is 1. The summed E-state index contributed by atoms with van der Waals surface area (Å²) < 4.78 is 22.1. The van der Waals surface area contributed by atoms with Gasteiger partial charge in [0, 0.05) is 5.92 Å². The SMILES string of the molecule is CC1(C)OC2C(=O)C(O1)C(c1ccc3c(c1)OCO3)CC2O. The van der Waals surface area contributed by atoms with Crippen molar-refractivity contribution < 1.29 is 28.8 Å². The Bertz CT molecular complexity index is 625. The lowest BCUT2D eigenvalue weighted by molar-refractivity contribution is -0.305. The maximum absolute atomic E-state index is 12.5. The van der Waals surface area contributed by atoms with Crippen LogP contribution in [0.1, 0.15) is 31.7 Å².